The van der Waals surface area contributed by atoms with Gasteiger partial charge in [0.05, 0.1) is 12.1 Å². The SMILES string of the molecule is ClCc1cc(N2CCn3ccnc3C2)nc2ccccc12. The fraction of sp³-hybridized carbons (Fsp3) is 0.250. The maximum Gasteiger partial charge on any atom is 0.130 e. The lowest BCUT2D eigenvalue weighted by atomic mass is 10.1. The molecule has 4 nitrogen and oxygen atoms in total. The molecule has 3 heterocycles. The summed E-state index contributed by atoms with van der Waals surface area (Å²) in [4.78, 5) is 11.5. The average molecular weight is 299 g/mol. The summed E-state index contributed by atoms with van der Waals surface area (Å²) in [5, 5.41) is 1.13. The van der Waals surface area contributed by atoms with Crippen LogP contribution in [0.1, 0.15) is 11.4 Å². The van der Waals surface area contributed by atoms with E-state index in [1.165, 1.54) is 0 Å². The maximum atomic E-state index is 6.12. The third kappa shape index (κ3) is 2.16. The minimum absolute atomic E-state index is 0.499. The highest BCUT2D eigenvalue weighted by Gasteiger charge is 2.18. The quantitative estimate of drug-likeness (QED) is 0.681. The van der Waals surface area contributed by atoms with Crippen LogP contribution in [0.2, 0.25) is 0 Å². The molecule has 0 bridgehead atoms. The van der Waals surface area contributed by atoms with Crippen LogP contribution >= 0.6 is 11.6 Å². The highest BCUT2D eigenvalue weighted by atomic mass is 35.5. The summed E-state index contributed by atoms with van der Waals surface area (Å²) in [7, 11) is 0. The second kappa shape index (κ2) is 5.04. The smallest absolute Gasteiger partial charge is 0.130 e. The van der Waals surface area contributed by atoms with Gasteiger partial charge in [-0.1, -0.05) is 18.2 Å². The molecular formula is C16H15ClN4. The lowest BCUT2D eigenvalue weighted by molar-refractivity contribution is 0.556. The molecule has 2 aromatic heterocycles. The van der Waals surface area contributed by atoms with Crippen LogP contribution in [0.4, 0.5) is 5.82 Å². The third-order valence-corrected chi connectivity index (χ3v) is 4.29. The molecule has 5 heteroatoms. The number of benzene rings is 1. The first-order valence-corrected chi connectivity index (χ1v) is 7.58. The van der Waals surface area contributed by atoms with E-state index >= 15 is 0 Å². The number of rotatable bonds is 2. The monoisotopic (exact) mass is 298 g/mol. The van der Waals surface area contributed by atoms with Crippen molar-refractivity contribution in [2.75, 3.05) is 11.4 Å². The van der Waals surface area contributed by atoms with Crippen LogP contribution in [-0.2, 0) is 19.0 Å². The second-order valence-electron chi connectivity index (χ2n) is 5.25. The van der Waals surface area contributed by atoms with Gasteiger partial charge < -0.3 is 9.47 Å². The first-order chi connectivity index (χ1) is 10.3. The number of fused-ring (bicyclic) bond motifs is 2. The Balaban J connectivity index is 1.77. The number of pyridine rings is 1. The van der Waals surface area contributed by atoms with E-state index in [0.29, 0.717) is 5.88 Å². The zero-order chi connectivity index (χ0) is 14.2. The van der Waals surface area contributed by atoms with E-state index in [1.807, 2.05) is 30.6 Å². The fourth-order valence-corrected chi connectivity index (χ4v) is 3.09. The van der Waals surface area contributed by atoms with Crippen LogP contribution in [-0.4, -0.2) is 21.1 Å². The highest BCUT2D eigenvalue weighted by Crippen LogP contribution is 2.26. The summed E-state index contributed by atoms with van der Waals surface area (Å²) in [5.74, 6) is 2.57. The van der Waals surface area contributed by atoms with Gasteiger partial charge in [0.25, 0.3) is 0 Å². The molecule has 1 aromatic carbocycles. The first-order valence-electron chi connectivity index (χ1n) is 7.05. The molecule has 1 aliphatic heterocycles. The van der Waals surface area contributed by atoms with Crippen molar-refractivity contribution in [1.82, 2.24) is 14.5 Å². The Labute approximate surface area is 128 Å². The van der Waals surface area contributed by atoms with E-state index in [9.17, 15) is 0 Å². The zero-order valence-electron chi connectivity index (χ0n) is 11.5. The minimum atomic E-state index is 0.499. The molecule has 0 saturated carbocycles. The Hall–Kier alpha value is -2.07. The van der Waals surface area contributed by atoms with Gasteiger partial charge in [-0.15, -0.1) is 11.6 Å². The van der Waals surface area contributed by atoms with Crippen molar-refractivity contribution in [3.05, 3.63) is 54.1 Å². The van der Waals surface area contributed by atoms with Crippen molar-refractivity contribution in [2.45, 2.75) is 19.0 Å². The lowest BCUT2D eigenvalue weighted by Gasteiger charge is -2.29. The van der Waals surface area contributed by atoms with E-state index in [-0.39, 0.29) is 0 Å². The zero-order valence-corrected chi connectivity index (χ0v) is 12.3. The maximum absolute atomic E-state index is 6.12. The number of aromatic nitrogens is 3. The van der Waals surface area contributed by atoms with E-state index in [1.54, 1.807) is 0 Å². The topological polar surface area (TPSA) is 34.0 Å². The van der Waals surface area contributed by atoms with Crippen molar-refractivity contribution in [1.29, 1.82) is 0 Å². The summed E-state index contributed by atoms with van der Waals surface area (Å²) >= 11 is 6.12. The number of alkyl halides is 1. The fourth-order valence-electron chi connectivity index (χ4n) is 2.87. The van der Waals surface area contributed by atoms with Crippen LogP contribution in [0, 0.1) is 0 Å². The Morgan fingerprint density at radius 3 is 3.00 bits per heavy atom. The molecule has 0 saturated heterocycles. The molecule has 0 aliphatic carbocycles. The number of hydrogen-bond donors (Lipinski definition) is 0. The van der Waals surface area contributed by atoms with E-state index in [2.05, 4.69) is 26.6 Å². The van der Waals surface area contributed by atoms with E-state index < -0.39 is 0 Å². The van der Waals surface area contributed by atoms with Gasteiger partial charge in [-0.2, -0.15) is 0 Å². The number of para-hydroxylation sites is 1. The predicted molar refractivity (Wildman–Crippen MR) is 84.6 cm³/mol. The Morgan fingerprint density at radius 1 is 1.19 bits per heavy atom. The molecule has 1 aliphatic rings. The number of hydrogen-bond acceptors (Lipinski definition) is 3. The van der Waals surface area contributed by atoms with Crippen molar-refractivity contribution in [3.8, 4) is 0 Å². The minimum Gasteiger partial charge on any atom is -0.347 e. The predicted octanol–water partition coefficient (Wildman–Crippen LogP) is 3.19. The summed E-state index contributed by atoms with van der Waals surface area (Å²) < 4.78 is 2.19. The Kier molecular flexibility index (Phi) is 3.04. The van der Waals surface area contributed by atoms with E-state index in [4.69, 9.17) is 16.6 Å². The van der Waals surface area contributed by atoms with Crippen LogP contribution in [0.3, 0.4) is 0 Å². The van der Waals surface area contributed by atoms with Gasteiger partial charge in [0.1, 0.15) is 11.6 Å². The molecule has 0 atom stereocenters. The second-order valence-corrected chi connectivity index (χ2v) is 5.52. The molecule has 0 spiro atoms. The average Bonchev–Trinajstić information content (AvgIpc) is 3.01. The van der Waals surface area contributed by atoms with Crippen LogP contribution in [0.15, 0.2) is 42.7 Å². The normalized spacial score (nSPS) is 14.4. The van der Waals surface area contributed by atoms with Gasteiger partial charge in [-0.25, -0.2) is 9.97 Å². The molecule has 4 rings (SSSR count). The van der Waals surface area contributed by atoms with Crippen molar-refractivity contribution < 1.29 is 0 Å². The molecule has 0 fully saturated rings. The molecular weight excluding hydrogens is 284 g/mol. The molecule has 21 heavy (non-hydrogen) atoms. The molecule has 0 radical (unpaired) electrons. The Morgan fingerprint density at radius 2 is 2.10 bits per heavy atom. The summed E-state index contributed by atoms with van der Waals surface area (Å²) in [6.07, 6.45) is 3.89. The van der Waals surface area contributed by atoms with Crippen LogP contribution in [0.25, 0.3) is 10.9 Å². The molecule has 0 N–H and O–H groups in total. The van der Waals surface area contributed by atoms with Gasteiger partial charge in [-0.3, -0.25) is 0 Å². The van der Waals surface area contributed by atoms with Gasteiger partial charge in [0, 0.05) is 36.7 Å². The third-order valence-electron chi connectivity index (χ3n) is 4.00. The molecule has 106 valence electrons. The lowest BCUT2D eigenvalue weighted by Crippen LogP contribution is -2.34. The van der Waals surface area contributed by atoms with Gasteiger partial charge >= 0.3 is 0 Å². The van der Waals surface area contributed by atoms with Crippen LogP contribution in [0.5, 0.6) is 0 Å². The van der Waals surface area contributed by atoms with Crippen molar-refractivity contribution in [2.24, 2.45) is 0 Å². The Bertz CT molecular complexity index is 796. The number of anilines is 1. The molecule has 0 unspecified atom stereocenters. The number of nitrogens with zero attached hydrogens (tertiary/aromatic N) is 4. The van der Waals surface area contributed by atoms with Crippen molar-refractivity contribution >= 4 is 28.3 Å². The number of imidazole rings is 1. The van der Waals surface area contributed by atoms with Crippen molar-refractivity contribution in [3.63, 3.8) is 0 Å². The summed E-state index contributed by atoms with van der Waals surface area (Å²) in [5.41, 5.74) is 2.13. The van der Waals surface area contributed by atoms with Gasteiger partial charge in [0.2, 0.25) is 0 Å². The van der Waals surface area contributed by atoms with Crippen LogP contribution < -0.4 is 4.90 Å². The summed E-state index contributed by atoms with van der Waals surface area (Å²) in [6, 6.07) is 10.3. The van der Waals surface area contributed by atoms with E-state index in [0.717, 1.165) is 47.7 Å². The first kappa shape index (κ1) is 12.7. The molecule has 3 aromatic rings. The number of halogens is 1. The molecule has 0 amide bonds. The van der Waals surface area contributed by atoms with Gasteiger partial charge in [-0.05, 0) is 17.7 Å². The standard InChI is InChI=1S/C16H15ClN4/c17-10-12-9-15(19-14-4-2-1-3-13(12)14)21-8-7-20-6-5-18-16(20)11-21/h1-6,9H,7-8,10-11H2. The largest absolute Gasteiger partial charge is 0.347 e. The summed E-state index contributed by atoms with van der Waals surface area (Å²) in [6.45, 7) is 2.68. The highest BCUT2D eigenvalue weighted by molar-refractivity contribution is 6.18. The van der Waals surface area contributed by atoms with Gasteiger partial charge in [0.15, 0.2) is 0 Å².